The minimum Gasteiger partial charge on any atom is -0.365 e. The first kappa shape index (κ1) is 18.6. The van der Waals surface area contributed by atoms with E-state index in [0.717, 1.165) is 12.2 Å². The fraction of sp³-hybridized carbons (Fsp3) is 0.182. The number of carbonyl (C=O) groups is 1. The van der Waals surface area contributed by atoms with Crippen LogP contribution < -0.4 is 10.2 Å². The van der Waals surface area contributed by atoms with E-state index in [1.54, 1.807) is 24.4 Å². The first-order chi connectivity index (χ1) is 13.0. The average molecular weight is 363 g/mol. The Morgan fingerprint density at radius 3 is 2.56 bits per heavy atom. The van der Waals surface area contributed by atoms with Crippen molar-refractivity contribution in [3.63, 3.8) is 0 Å². The molecule has 1 aromatic heterocycles. The molecule has 0 bridgehead atoms. The Kier molecular flexibility index (Phi) is 5.81. The standard InChI is InChI=1S/C22H22FN3O/c1-16(2)26(15-17-7-4-3-5-8-17)20-11-12-24-21(14-20)22(27)25-19-10-6-9-18(23)13-19/h3-14,16H,15H2,1-2H3,(H,25,27). The number of anilines is 2. The van der Waals surface area contributed by atoms with Crippen molar-refractivity contribution in [1.82, 2.24) is 4.98 Å². The zero-order valence-corrected chi connectivity index (χ0v) is 15.4. The molecule has 0 atom stereocenters. The maximum atomic E-state index is 13.3. The Morgan fingerprint density at radius 2 is 1.85 bits per heavy atom. The number of benzene rings is 2. The van der Waals surface area contributed by atoms with Gasteiger partial charge in [0.2, 0.25) is 0 Å². The maximum absolute atomic E-state index is 13.3. The van der Waals surface area contributed by atoms with Crippen molar-refractivity contribution >= 4 is 17.3 Å². The van der Waals surface area contributed by atoms with Gasteiger partial charge in [0.05, 0.1) is 0 Å². The summed E-state index contributed by atoms with van der Waals surface area (Å²) in [6, 6.07) is 19.9. The van der Waals surface area contributed by atoms with E-state index in [4.69, 9.17) is 0 Å². The van der Waals surface area contributed by atoms with Crippen LogP contribution in [0.2, 0.25) is 0 Å². The van der Waals surface area contributed by atoms with Gasteiger partial charge >= 0.3 is 0 Å². The van der Waals surface area contributed by atoms with Crippen LogP contribution >= 0.6 is 0 Å². The summed E-state index contributed by atoms with van der Waals surface area (Å²) in [5, 5.41) is 2.68. The smallest absolute Gasteiger partial charge is 0.274 e. The maximum Gasteiger partial charge on any atom is 0.274 e. The van der Waals surface area contributed by atoms with Crippen molar-refractivity contribution in [2.75, 3.05) is 10.2 Å². The molecule has 1 N–H and O–H groups in total. The Hall–Kier alpha value is -3.21. The highest BCUT2D eigenvalue weighted by molar-refractivity contribution is 6.03. The van der Waals surface area contributed by atoms with Gasteiger partial charge in [-0.05, 0) is 49.7 Å². The quantitative estimate of drug-likeness (QED) is 0.678. The van der Waals surface area contributed by atoms with Crippen molar-refractivity contribution in [1.29, 1.82) is 0 Å². The van der Waals surface area contributed by atoms with Gasteiger partial charge in [-0.25, -0.2) is 4.39 Å². The van der Waals surface area contributed by atoms with Crippen LogP contribution in [0.3, 0.4) is 0 Å². The summed E-state index contributed by atoms with van der Waals surface area (Å²) >= 11 is 0. The average Bonchev–Trinajstić information content (AvgIpc) is 2.67. The molecule has 0 aliphatic rings. The predicted molar refractivity (Wildman–Crippen MR) is 106 cm³/mol. The lowest BCUT2D eigenvalue weighted by Crippen LogP contribution is -2.30. The molecule has 0 fully saturated rings. The fourth-order valence-electron chi connectivity index (χ4n) is 2.84. The molecule has 1 heterocycles. The molecular weight excluding hydrogens is 341 g/mol. The van der Waals surface area contributed by atoms with Crippen LogP contribution in [0.15, 0.2) is 72.9 Å². The third-order valence-electron chi connectivity index (χ3n) is 4.21. The van der Waals surface area contributed by atoms with Crippen molar-refractivity contribution in [2.24, 2.45) is 0 Å². The van der Waals surface area contributed by atoms with Gasteiger partial charge in [0.25, 0.3) is 5.91 Å². The SMILES string of the molecule is CC(C)N(Cc1ccccc1)c1ccnc(C(=O)Nc2cccc(F)c2)c1. The summed E-state index contributed by atoms with van der Waals surface area (Å²) in [5.41, 5.74) is 2.79. The van der Waals surface area contributed by atoms with Gasteiger partial charge in [-0.2, -0.15) is 0 Å². The Morgan fingerprint density at radius 1 is 1.07 bits per heavy atom. The van der Waals surface area contributed by atoms with E-state index in [-0.39, 0.29) is 17.6 Å². The minimum atomic E-state index is -0.400. The van der Waals surface area contributed by atoms with E-state index < -0.39 is 5.82 Å². The lowest BCUT2D eigenvalue weighted by atomic mass is 10.1. The minimum absolute atomic E-state index is 0.242. The topological polar surface area (TPSA) is 45.2 Å². The van der Waals surface area contributed by atoms with Crippen molar-refractivity contribution < 1.29 is 9.18 Å². The number of rotatable bonds is 6. The molecule has 4 nitrogen and oxygen atoms in total. The summed E-state index contributed by atoms with van der Waals surface area (Å²) in [5.74, 6) is -0.769. The molecule has 0 radical (unpaired) electrons. The first-order valence-electron chi connectivity index (χ1n) is 8.86. The number of carbonyl (C=O) groups excluding carboxylic acids is 1. The molecule has 138 valence electrons. The number of hydrogen-bond acceptors (Lipinski definition) is 3. The lowest BCUT2D eigenvalue weighted by Gasteiger charge is -2.29. The van der Waals surface area contributed by atoms with E-state index in [1.807, 2.05) is 24.3 Å². The Labute approximate surface area is 158 Å². The summed E-state index contributed by atoms with van der Waals surface area (Å²) in [6.45, 7) is 4.94. The summed E-state index contributed by atoms with van der Waals surface area (Å²) in [6.07, 6.45) is 1.62. The molecule has 2 aromatic carbocycles. The van der Waals surface area contributed by atoms with Crippen LogP contribution in [0.4, 0.5) is 15.8 Å². The molecular formula is C22H22FN3O. The van der Waals surface area contributed by atoms with Gasteiger partial charge in [-0.15, -0.1) is 0 Å². The van der Waals surface area contributed by atoms with E-state index in [1.165, 1.54) is 17.7 Å². The summed E-state index contributed by atoms with van der Waals surface area (Å²) in [7, 11) is 0. The van der Waals surface area contributed by atoms with E-state index in [2.05, 4.69) is 41.2 Å². The molecule has 3 rings (SSSR count). The number of halogens is 1. The van der Waals surface area contributed by atoms with E-state index in [0.29, 0.717) is 5.69 Å². The first-order valence-corrected chi connectivity index (χ1v) is 8.86. The molecule has 0 saturated heterocycles. The fourth-order valence-corrected chi connectivity index (χ4v) is 2.84. The number of nitrogens with zero attached hydrogens (tertiary/aromatic N) is 2. The zero-order chi connectivity index (χ0) is 19.2. The predicted octanol–water partition coefficient (Wildman–Crippen LogP) is 4.89. The highest BCUT2D eigenvalue weighted by Gasteiger charge is 2.15. The highest BCUT2D eigenvalue weighted by Crippen LogP contribution is 2.21. The van der Waals surface area contributed by atoms with Gasteiger partial charge in [0, 0.05) is 30.2 Å². The van der Waals surface area contributed by atoms with Crippen LogP contribution in [-0.4, -0.2) is 16.9 Å². The summed E-state index contributed by atoms with van der Waals surface area (Å²) < 4.78 is 13.3. The van der Waals surface area contributed by atoms with Crippen molar-refractivity contribution in [3.8, 4) is 0 Å². The van der Waals surface area contributed by atoms with Gasteiger partial charge < -0.3 is 10.2 Å². The van der Waals surface area contributed by atoms with Gasteiger partial charge in [0.1, 0.15) is 11.5 Å². The number of pyridine rings is 1. The van der Waals surface area contributed by atoms with Gasteiger partial charge in [-0.1, -0.05) is 36.4 Å². The normalized spacial score (nSPS) is 10.7. The van der Waals surface area contributed by atoms with Crippen LogP contribution in [0.5, 0.6) is 0 Å². The van der Waals surface area contributed by atoms with Gasteiger partial charge in [0.15, 0.2) is 0 Å². The number of aromatic nitrogens is 1. The summed E-state index contributed by atoms with van der Waals surface area (Å²) in [4.78, 5) is 18.9. The molecule has 1 amide bonds. The van der Waals surface area contributed by atoms with Crippen LogP contribution in [0, 0.1) is 5.82 Å². The second kappa shape index (κ2) is 8.45. The molecule has 27 heavy (non-hydrogen) atoms. The molecule has 0 unspecified atom stereocenters. The third-order valence-corrected chi connectivity index (χ3v) is 4.21. The van der Waals surface area contributed by atoms with Crippen LogP contribution in [0.25, 0.3) is 0 Å². The molecule has 0 spiro atoms. The second-order valence-corrected chi connectivity index (χ2v) is 6.57. The largest absolute Gasteiger partial charge is 0.365 e. The van der Waals surface area contributed by atoms with E-state index in [9.17, 15) is 9.18 Å². The highest BCUT2D eigenvalue weighted by atomic mass is 19.1. The molecule has 0 aliphatic carbocycles. The lowest BCUT2D eigenvalue weighted by molar-refractivity contribution is 0.102. The number of amides is 1. The van der Waals surface area contributed by atoms with E-state index >= 15 is 0 Å². The van der Waals surface area contributed by atoms with Crippen molar-refractivity contribution in [3.05, 3.63) is 90.0 Å². The van der Waals surface area contributed by atoms with Crippen molar-refractivity contribution in [2.45, 2.75) is 26.4 Å². The molecule has 0 saturated carbocycles. The number of nitrogens with one attached hydrogen (secondary N) is 1. The Bertz CT molecular complexity index is 912. The van der Waals surface area contributed by atoms with Crippen LogP contribution in [0.1, 0.15) is 29.9 Å². The second-order valence-electron chi connectivity index (χ2n) is 6.57. The monoisotopic (exact) mass is 363 g/mol. The Balaban J connectivity index is 1.81. The molecule has 3 aromatic rings. The van der Waals surface area contributed by atoms with Gasteiger partial charge in [-0.3, -0.25) is 9.78 Å². The molecule has 0 aliphatic heterocycles. The third kappa shape index (κ3) is 4.91. The molecule has 5 heteroatoms. The number of hydrogen-bond donors (Lipinski definition) is 1. The van der Waals surface area contributed by atoms with Crippen LogP contribution in [-0.2, 0) is 6.54 Å². The zero-order valence-electron chi connectivity index (χ0n) is 15.4.